The van der Waals surface area contributed by atoms with Gasteiger partial charge in [-0.15, -0.1) is 0 Å². The van der Waals surface area contributed by atoms with E-state index in [0.29, 0.717) is 24.0 Å². The van der Waals surface area contributed by atoms with E-state index >= 15 is 0 Å². The zero-order chi connectivity index (χ0) is 20.7. The van der Waals surface area contributed by atoms with Gasteiger partial charge in [-0.1, -0.05) is 42.8 Å². The highest BCUT2D eigenvalue weighted by molar-refractivity contribution is 5.91. The molecule has 6 atom stereocenters. The highest BCUT2D eigenvalue weighted by Crippen LogP contribution is 2.62. The van der Waals surface area contributed by atoms with Crippen LogP contribution in [0.1, 0.15) is 70.3 Å². The molecule has 3 nitrogen and oxygen atoms in total. The van der Waals surface area contributed by atoms with E-state index in [-0.39, 0.29) is 17.5 Å². The minimum absolute atomic E-state index is 0.0347. The first kappa shape index (κ1) is 20.0. The van der Waals surface area contributed by atoms with Gasteiger partial charge in [-0.2, -0.15) is 0 Å². The molecule has 3 heteroatoms. The van der Waals surface area contributed by atoms with Crippen LogP contribution in [0.3, 0.4) is 0 Å². The molecule has 30 heavy (non-hydrogen) atoms. The van der Waals surface area contributed by atoms with E-state index in [1.54, 1.807) is 0 Å². The van der Waals surface area contributed by atoms with E-state index < -0.39 is 0 Å². The van der Waals surface area contributed by atoms with Crippen molar-refractivity contribution in [2.75, 3.05) is 0 Å². The molecule has 160 valence electrons. The van der Waals surface area contributed by atoms with Crippen molar-refractivity contribution in [3.63, 3.8) is 0 Å². The Kier molecular flexibility index (Phi) is 5.33. The van der Waals surface area contributed by atoms with Crippen LogP contribution < -0.4 is 0 Å². The molecular formula is C27H34O3. The zero-order valence-electron chi connectivity index (χ0n) is 18.1. The third-order valence-corrected chi connectivity index (χ3v) is 8.95. The lowest BCUT2D eigenvalue weighted by molar-refractivity contribution is -0.158. The Morgan fingerprint density at radius 1 is 1.03 bits per heavy atom. The number of esters is 1. The molecule has 0 amide bonds. The molecule has 0 heterocycles. The Bertz CT molecular complexity index is 841. The fourth-order valence-corrected chi connectivity index (χ4v) is 7.43. The van der Waals surface area contributed by atoms with Gasteiger partial charge < -0.3 is 4.74 Å². The van der Waals surface area contributed by atoms with Gasteiger partial charge in [-0.05, 0) is 86.7 Å². The van der Waals surface area contributed by atoms with Gasteiger partial charge in [0.1, 0.15) is 6.10 Å². The lowest BCUT2D eigenvalue weighted by Gasteiger charge is -2.53. The van der Waals surface area contributed by atoms with E-state index in [2.05, 4.69) is 19.1 Å². The summed E-state index contributed by atoms with van der Waals surface area (Å²) in [5, 5.41) is 0. The standard InChI is InChI=1S/C27H34O3/c1-27-16-15-22-21-11-9-20(28)17-19(21)8-10-23(22)24(27)12-13-25(27)30-26(29)14-7-18-5-3-2-4-6-18/h2-6,17,21-25H,7-16H2,1H3/t21-,22+,23+,24-,25?,27-/m0/s1. The smallest absolute Gasteiger partial charge is 0.306 e. The molecule has 0 radical (unpaired) electrons. The molecule has 5 rings (SSSR count). The summed E-state index contributed by atoms with van der Waals surface area (Å²) >= 11 is 0. The second-order valence-corrected chi connectivity index (χ2v) is 10.4. The number of hydrogen-bond donors (Lipinski definition) is 0. The highest BCUT2D eigenvalue weighted by atomic mass is 16.5. The van der Waals surface area contributed by atoms with E-state index in [1.165, 1.54) is 30.4 Å². The van der Waals surface area contributed by atoms with Crippen LogP contribution in [0, 0.1) is 29.1 Å². The summed E-state index contributed by atoms with van der Waals surface area (Å²) in [5.41, 5.74) is 2.77. The SMILES string of the molecule is C[C@]12CC[C@H]3[C@@H](CCC4=CC(=O)CC[C@@H]43)[C@@H]1CCC2OC(=O)CCc1ccccc1. The Morgan fingerprint density at radius 2 is 1.87 bits per heavy atom. The Labute approximate surface area is 180 Å². The van der Waals surface area contributed by atoms with Gasteiger partial charge in [-0.25, -0.2) is 0 Å². The van der Waals surface area contributed by atoms with Crippen LogP contribution in [0.5, 0.6) is 0 Å². The van der Waals surface area contributed by atoms with Gasteiger partial charge in [0.2, 0.25) is 0 Å². The summed E-state index contributed by atoms with van der Waals surface area (Å²) in [5.74, 6) is 3.09. The van der Waals surface area contributed by atoms with Crippen molar-refractivity contribution >= 4 is 11.8 Å². The van der Waals surface area contributed by atoms with Crippen LogP contribution in [0.15, 0.2) is 42.0 Å². The fourth-order valence-electron chi connectivity index (χ4n) is 7.43. The molecule has 0 spiro atoms. The molecule has 1 aromatic carbocycles. The predicted molar refractivity (Wildman–Crippen MR) is 117 cm³/mol. The molecule has 4 aliphatic carbocycles. The van der Waals surface area contributed by atoms with E-state index in [0.717, 1.165) is 50.4 Å². The number of allylic oxidation sites excluding steroid dienone is 1. The van der Waals surface area contributed by atoms with Crippen molar-refractivity contribution in [1.82, 2.24) is 0 Å². The second-order valence-electron chi connectivity index (χ2n) is 10.4. The number of carbonyl (C=O) groups excluding carboxylic acids is 2. The summed E-state index contributed by atoms with van der Waals surface area (Å²) in [6.45, 7) is 2.39. The maximum absolute atomic E-state index is 12.6. The summed E-state index contributed by atoms with van der Waals surface area (Å²) in [6.07, 6.45) is 12.0. The normalized spacial score (nSPS) is 37.6. The molecule has 0 aliphatic heterocycles. The van der Waals surface area contributed by atoms with Crippen molar-refractivity contribution in [1.29, 1.82) is 0 Å². The van der Waals surface area contributed by atoms with Crippen LogP contribution in [-0.2, 0) is 20.7 Å². The molecule has 0 aromatic heterocycles. The molecule has 0 bridgehead atoms. The first-order valence-electron chi connectivity index (χ1n) is 12.0. The highest BCUT2D eigenvalue weighted by Gasteiger charge is 2.57. The van der Waals surface area contributed by atoms with E-state index in [9.17, 15) is 9.59 Å². The summed E-state index contributed by atoms with van der Waals surface area (Å²) in [6, 6.07) is 10.2. The molecule has 1 unspecified atom stereocenters. The Balaban J connectivity index is 1.23. The molecule has 4 aliphatic rings. The minimum Gasteiger partial charge on any atom is -0.462 e. The van der Waals surface area contributed by atoms with Gasteiger partial charge in [0.15, 0.2) is 5.78 Å². The quantitative estimate of drug-likeness (QED) is 0.605. The fraction of sp³-hybridized carbons (Fsp3) is 0.630. The molecule has 1 aromatic rings. The number of rotatable bonds is 4. The average Bonchev–Trinajstić information content (AvgIpc) is 3.09. The maximum atomic E-state index is 12.6. The molecule has 3 saturated carbocycles. The van der Waals surface area contributed by atoms with Crippen LogP contribution in [-0.4, -0.2) is 17.9 Å². The number of carbonyl (C=O) groups is 2. The van der Waals surface area contributed by atoms with Gasteiger partial charge in [0, 0.05) is 18.3 Å². The van der Waals surface area contributed by atoms with Crippen LogP contribution >= 0.6 is 0 Å². The number of ketones is 1. The number of ether oxygens (including phenoxy) is 1. The van der Waals surface area contributed by atoms with Crippen LogP contribution in [0.25, 0.3) is 0 Å². The van der Waals surface area contributed by atoms with Gasteiger partial charge in [-0.3, -0.25) is 9.59 Å². The lowest BCUT2D eigenvalue weighted by Crippen LogP contribution is -2.48. The Hall–Kier alpha value is -1.90. The van der Waals surface area contributed by atoms with Crippen LogP contribution in [0.2, 0.25) is 0 Å². The first-order chi connectivity index (χ1) is 14.5. The van der Waals surface area contributed by atoms with Gasteiger partial charge in [0.05, 0.1) is 0 Å². The van der Waals surface area contributed by atoms with E-state index in [4.69, 9.17) is 4.74 Å². The molecular weight excluding hydrogens is 372 g/mol. The predicted octanol–water partition coefficient (Wildman–Crippen LogP) is 5.67. The van der Waals surface area contributed by atoms with Crippen molar-refractivity contribution in [3.05, 3.63) is 47.5 Å². The third-order valence-electron chi connectivity index (χ3n) is 8.95. The van der Waals surface area contributed by atoms with Gasteiger partial charge in [0.25, 0.3) is 0 Å². The third kappa shape index (κ3) is 3.55. The largest absolute Gasteiger partial charge is 0.462 e. The number of hydrogen-bond acceptors (Lipinski definition) is 3. The first-order valence-corrected chi connectivity index (χ1v) is 12.0. The minimum atomic E-state index is -0.0347. The maximum Gasteiger partial charge on any atom is 0.306 e. The molecule has 3 fully saturated rings. The average molecular weight is 407 g/mol. The topological polar surface area (TPSA) is 43.4 Å². The number of fused-ring (bicyclic) bond motifs is 5. The monoisotopic (exact) mass is 406 g/mol. The summed E-state index contributed by atoms with van der Waals surface area (Å²) < 4.78 is 6.11. The van der Waals surface area contributed by atoms with Crippen LogP contribution in [0.4, 0.5) is 0 Å². The zero-order valence-corrected chi connectivity index (χ0v) is 18.1. The molecule has 0 saturated heterocycles. The number of aryl methyl sites for hydroxylation is 1. The van der Waals surface area contributed by atoms with Crippen molar-refractivity contribution < 1.29 is 14.3 Å². The van der Waals surface area contributed by atoms with Crippen molar-refractivity contribution in [2.24, 2.45) is 29.1 Å². The number of benzene rings is 1. The lowest BCUT2D eigenvalue weighted by atomic mass is 9.52. The second kappa shape index (κ2) is 7.98. The van der Waals surface area contributed by atoms with Gasteiger partial charge >= 0.3 is 5.97 Å². The summed E-state index contributed by atoms with van der Waals surface area (Å²) in [4.78, 5) is 24.5. The Morgan fingerprint density at radius 3 is 2.70 bits per heavy atom. The summed E-state index contributed by atoms with van der Waals surface area (Å²) in [7, 11) is 0. The molecule has 0 N–H and O–H groups in total. The van der Waals surface area contributed by atoms with Crippen molar-refractivity contribution in [2.45, 2.75) is 77.2 Å². The van der Waals surface area contributed by atoms with E-state index in [1.807, 2.05) is 24.3 Å². The van der Waals surface area contributed by atoms with Crippen molar-refractivity contribution in [3.8, 4) is 0 Å².